The van der Waals surface area contributed by atoms with Crippen molar-refractivity contribution in [3.8, 4) is 0 Å². The second-order valence-corrected chi connectivity index (χ2v) is 14.9. The van der Waals surface area contributed by atoms with Gasteiger partial charge in [0.15, 0.2) is 6.79 Å². The number of nitrogens with two attached hydrogens (primary N) is 1. The molecule has 1 atom stereocenters. The maximum Gasteiger partial charge on any atom is 0.533 e. The molecule has 0 spiro atoms. The molecule has 1 unspecified atom stereocenters. The van der Waals surface area contributed by atoms with Crippen molar-refractivity contribution in [3.05, 3.63) is 89.8 Å². The number of carbonyl (C=O) groups is 3. The zero-order chi connectivity index (χ0) is 36.8. The summed E-state index contributed by atoms with van der Waals surface area (Å²) in [4.78, 5) is 42.7. The van der Waals surface area contributed by atoms with Crippen LogP contribution in [0, 0.1) is 16.2 Å². The third-order valence-electron chi connectivity index (χ3n) is 6.25. The van der Waals surface area contributed by atoms with E-state index < -0.39 is 38.4 Å². The van der Waals surface area contributed by atoms with Crippen LogP contribution in [0.5, 0.6) is 0 Å². The van der Waals surface area contributed by atoms with Crippen LogP contribution < -0.4 is 5.73 Å². The summed E-state index contributed by atoms with van der Waals surface area (Å²) in [5, 5.41) is 16.5. The van der Waals surface area contributed by atoms with E-state index in [4.69, 9.17) is 25.5 Å². The number of aliphatic hydroxyl groups excluding tert-OH is 1. The van der Waals surface area contributed by atoms with Crippen LogP contribution in [0.25, 0.3) is 6.08 Å². The van der Waals surface area contributed by atoms with E-state index in [0.29, 0.717) is 21.7 Å². The van der Waals surface area contributed by atoms with Gasteiger partial charge in [0.2, 0.25) is 6.79 Å². The molecule has 3 rings (SSSR count). The van der Waals surface area contributed by atoms with Gasteiger partial charge in [-0.25, -0.2) is 0 Å². The molecule has 0 fully saturated rings. The zero-order valence-corrected chi connectivity index (χ0v) is 30.5. The maximum absolute atomic E-state index is 13.2. The maximum atomic E-state index is 13.2. The smallest absolute Gasteiger partial charge is 0.438 e. The number of aromatic nitrogens is 1. The summed E-state index contributed by atoms with van der Waals surface area (Å²) in [6, 6.07) is 18.0. The fraction of sp³-hybridized carbons (Fsp3) is 0.343. The van der Waals surface area contributed by atoms with Crippen LogP contribution in [0.4, 0.5) is 5.69 Å². The van der Waals surface area contributed by atoms with Gasteiger partial charge in [-0.3, -0.25) is 24.3 Å². The van der Waals surface area contributed by atoms with E-state index in [9.17, 15) is 18.9 Å². The van der Waals surface area contributed by atoms with Crippen LogP contribution in [0.1, 0.15) is 64.6 Å². The first-order valence-electron chi connectivity index (χ1n) is 15.1. The Morgan fingerprint density at radius 3 is 2.18 bits per heavy atom. The van der Waals surface area contributed by atoms with Crippen molar-refractivity contribution < 1.29 is 39.5 Å². The van der Waals surface area contributed by atoms with E-state index in [1.54, 1.807) is 84.2 Å². The first-order valence-corrected chi connectivity index (χ1v) is 17.2. The van der Waals surface area contributed by atoms with Gasteiger partial charge in [0, 0.05) is 35.7 Å². The lowest BCUT2D eigenvalue weighted by molar-refractivity contribution is -0.161. The fourth-order valence-electron chi connectivity index (χ4n) is 3.56. The lowest BCUT2D eigenvalue weighted by atomic mass is 9.98. The Bertz CT molecular complexity index is 1660. The molecule has 2 aromatic carbocycles. The fourth-order valence-corrected chi connectivity index (χ4v) is 5.27. The molecule has 3 aromatic rings. The first kappa shape index (κ1) is 40.8. The van der Waals surface area contributed by atoms with Crippen LogP contribution in [0.2, 0.25) is 0 Å². The topological polar surface area (TPSA) is 182 Å². The van der Waals surface area contributed by atoms with Gasteiger partial charge in [-0.05, 0) is 101 Å². The highest BCUT2D eigenvalue weighted by atomic mass is 32.2. The van der Waals surface area contributed by atoms with Gasteiger partial charge in [-0.15, -0.1) is 4.52 Å². The van der Waals surface area contributed by atoms with Gasteiger partial charge in [0.05, 0.1) is 27.8 Å². The first-order chi connectivity index (χ1) is 22.9. The Morgan fingerprint density at radius 1 is 0.980 bits per heavy atom. The summed E-state index contributed by atoms with van der Waals surface area (Å²) < 4.78 is 26.7. The number of nitrogens with one attached hydrogen (secondary N) is 1. The van der Waals surface area contributed by atoms with E-state index in [-0.39, 0.29) is 25.3 Å². The predicted octanol–water partition coefficient (Wildman–Crippen LogP) is 7.00. The minimum Gasteiger partial charge on any atom is -0.438 e. The average molecular weight is 714 g/mol. The Kier molecular flexibility index (Phi) is 15.8. The monoisotopic (exact) mass is 713 g/mol. The van der Waals surface area contributed by atoms with Crippen LogP contribution in [-0.2, 0) is 28.2 Å². The summed E-state index contributed by atoms with van der Waals surface area (Å²) in [6.45, 7) is 9.30. The number of hydrogen-bond donors (Lipinski definition) is 3. The summed E-state index contributed by atoms with van der Waals surface area (Å²) in [5.74, 6) is -1.20. The lowest BCUT2D eigenvalue weighted by Crippen LogP contribution is -2.27. The van der Waals surface area contributed by atoms with Gasteiger partial charge in [0.25, 0.3) is 12.2 Å². The van der Waals surface area contributed by atoms with Crippen LogP contribution >= 0.6 is 19.8 Å². The third kappa shape index (κ3) is 13.9. The summed E-state index contributed by atoms with van der Waals surface area (Å²) in [6.07, 6.45) is 4.91. The largest absolute Gasteiger partial charge is 0.533 e. The van der Waals surface area contributed by atoms with Crippen molar-refractivity contribution in [1.82, 2.24) is 9.88 Å². The summed E-state index contributed by atoms with van der Waals surface area (Å²) in [5.41, 5.74) is 7.49. The number of rotatable bonds is 12. The molecule has 0 radical (unpaired) electrons. The van der Waals surface area contributed by atoms with Crippen LogP contribution in [0.3, 0.4) is 0 Å². The number of carbonyl (C=O) groups excluding carboxylic acids is 3. The van der Waals surface area contributed by atoms with Crippen molar-refractivity contribution in [3.63, 3.8) is 0 Å². The molecule has 0 aliphatic heterocycles. The molecule has 12 nitrogen and oxygen atoms in total. The minimum atomic E-state index is -2.27. The van der Waals surface area contributed by atoms with Crippen molar-refractivity contribution in [1.29, 1.82) is 5.41 Å². The SMILES string of the molecule is CC(C)(C)C(=O)OCO.CN(C[P+](=O)OCOC(=O)C(C)(C)C)C(=O)c1ccccc1Sc1ccc(C(=N)/C=C/c2ccccn2)c(N)c1.[HH]. The number of benzene rings is 2. The lowest BCUT2D eigenvalue weighted by Gasteiger charge is -2.16. The van der Waals surface area contributed by atoms with Crippen molar-refractivity contribution in [2.24, 2.45) is 10.8 Å². The van der Waals surface area contributed by atoms with Crippen molar-refractivity contribution in [2.75, 3.05) is 32.7 Å². The minimum absolute atomic E-state index is 0. The van der Waals surface area contributed by atoms with E-state index in [1.165, 1.54) is 23.7 Å². The van der Waals surface area contributed by atoms with Crippen LogP contribution in [-0.4, -0.2) is 65.5 Å². The molecule has 1 heterocycles. The Hall–Kier alpha value is -4.42. The van der Waals surface area contributed by atoms with E-state index in [2.05, 4.69) is 9.72 Å². The number of nitrogen functional groups attached to an aromatic ring is 1. The van der Waals surface area contributed by atoms with E-state index in [0.717, 1.165) is 10.6 Å². The number of hydrogen-bond acceptors (Lipinski definition) is 12. The summed E-state index contributed by atoms with van der Waals surface area (Å²) in [7, 11) is -0.748. The van der Waals surface area contributed by atoms with E-state index >= 15 is 0 Å². The second-order valence-electron chi connectivity index (χ2n) is 12.6. The quantitative estimate of drug-likeness (QED) is 0.0578. The number of nitrogens with zero attached hydrogens (tertiary/aromatic N) is 2. The highest BCUT2D eigenvalue weighted by molar-refractivity contribution is 7.99. The molecule has 14 heteroatoms. The van der Waals surface area contributed by atoms with Gasteiger partial charge in [-0.1, -0.05) is 30.0 Å². The number of aliphatic hydroxyl groups is 1. The van der Waals surface area contributed by atoms with Gasteiger partial charge in [-0.2, -0.15) is 0 Å². The number of anilines is 1. The standard InChI is InChI=1S/C29H32N4O5PS.C6H12O3.H2/c1-29(2,3)28(35)37-19-38-39(36)18-33(4)27(34)23-10-5-6-11-26(23)40-21-13-14-22(25(31)17-21)24(30)15-12-20-9-7-8-16-32-20;1-6(2,3)5(8)9-4-7;/h5-17,30H,18-19,31H2,1-4H3;7H,4H2,1-3H3;1H/q+1;;/b15-12+,30-24?;;. The Balaban J connectivity index is 0.00000110. The molecular formula is C35H46N4O8PS+. The van der Waals surface area contributed by atoms with Gasteiger partial charge < -0.3 is 25.7 Å². The average Bonchev–Trinajstić information content (AvgIpc) is 3.03. The highest BCUT2D eigenvalue weighted by Crippen LogP contribution is 2.34. The van der Waals surface area contributed by atoms with E-state index in [1.807, 2.05) is 36.4 Å². The zero-order valence-electron chi connectivity index (χ0n) is 28.8. The Morgan fingerprint density at radius 2 is 1.61 bits per heavy atom. The highest BCUT2D eigenvalue weighted by Gasteiger charge is 2.28. The molecule has 264 valence electrons. The van der Waals surface area contributed by atoms with Gasteiger partial charge >= 0.3 is 20.0 Å². The third-order valence-corrected chi connectivity index (χ3v) is 8.36. The molecule has 0 saturated heterocycles. The molecule has 0 saturated carbocycles. The van der Waals surface area contributed by atoms with Crippen molar-refractivity contribution in [2.45, 2.75) is 51.3 Å². The van der Waals surface area contributed by atoms with Crippen LogP contribution in [0.15, 0.2) is 82.7 Å². The molecule has 4 N–H and O–H groups in total. The number of esters is 2. The number of amides is 1. The molecule has 0 aliphatic carbocycles. The number of pyridine rings is 1. The predicted molar refractivity (Wildman–Crippen MR) is 192 cm³/mol. The normalized spacial score (nSPS) is 11.6. The Labute approximate surface area is 293 Å². The number of ether oxygens (including phenoxy) is 2. The molecule has 49 heavy (non-hydrogen) atoms. The molecule has 1 amide bonds. The summed E-state index contributed by atoms with van der Waals surface area (Å²) >= 11 is 1.36. The van der Waals surface area contributed by atoms with Gasteiger partial charge in [0.1, 0.15) is 0 Å². The molecular weight excluding hydrogens is 667 g/mol. The molecule has 0 bridgehead atoms. The second kappa shape index (κ2) is 18.9. The van der Waals surface area contributed by atoms with Crippen molar-refractivity contribution >= 4 is 55.1 Å². The molecule has 0 aliphatic rings. The molecule has 1 aromatic heterocycles. The number of allylic oxidation sites excluding steroid dienone is 1.